The molecule has 0 N–H and O–H groups in total. The van der Waals surface area contributed by atoms with Gasteiger partial charge in [0.25, 0.3) is 0 Å². The topological polar surface area (TPSA) is 34.8 Å². The molecule has 4 nitrogen and oxygen atoms in total. The van der Waals surface area contributed by atoms with E-state index in [2.05, 4.69) is 160 Å². The van der Waals surface area contributed by atoms with Gasteiger partial charge in [0.2, 0.25) is 0 Å². The van der Waals surface area contributed by atoms with Gasteiger partial charge in [0.15, 0.2) is 0 Å². The van der Waals surface area contributed by atoms with E-state index in [1.54, 1.807) is 0 Å². The van der Waals surface area contributed by atoms with Gasteiger partial charge in [0, 0.05) is 27.8 Å². The van der Waals surface area contributed by atoms with Crippen LogP contribution in [0.1, 0.15) is 27.7 Å². The number of furan rings is 1. The molecule has 47 heavy (non-hydrogen) atoms. The van der Waals surface area contributed by atoms with Crippen LogP contribution in [0, 0.1) is 0 Å². The molecule has 7 aromatic rings. The monoisotopic (exact) mass is 613 g/mol. The van der Waals surface area contributed by atoms with Crippen LogP contribution in [0.2, 0.25) is 0 Å². The molecule has 6 aromatic carbocycles. The molecular weight excluding hydrogens is 577 g/mol. The van der Waals surface area contributed by atoms with Gasteiger partial charge in [0.1, 0.15) is 11.2 Å². The Balaban J connectivity index is 1.14. The third-order valence-electron chi connectivity index (χ3n) is 9.75. The molecular formula is C42H36BNO3. The van der Waals surface area contributed by atoms with Gasteiger partial charge < -0.3 is 18.6 Å². The van der Waals surface area contributed by atoms with Crippen molar-refractivity contribution < 1.29 is 13.7 Å². The Morgan fingerprint density at radius 1 is 0.447 bits per heavy atom. The fourth-order valence-corrected chi connectivity index (χ4v) is 6.35. The maximum atomic E-state index is 6.33. The molecule has 0 aliphatic carbocycles. The van der Waals surface area contributed by atoms with Crippen molar-refractivity contribution in [1.82, 2.24) is 0 Å². The summed E-state index contributed by atoms with van der Waals surface area (Å²) in [6, 6.07) is 51.2. The number of benzene rings is 6. The molecule has 1 fully saturated rings. The van der Waals surface area contributed by atoms with E-state index in [0.29, 0.717) is 0 Å². The van der Waals surface area contributed by atoms with E-state index >= 15 is 0 Å². The molecule has 1 aliphatic rings. The van der Waals surface area contributed by atoms with Gasteiger partial charge in [0.05, 0.1) is 11.2 Å². The normalized spacial score (nSPS) is 15.4. The Labute approximate surface area is 276 Å². The van der Waals surface area contributed by atoms with Crippen molar-refractivity contribution in [3.63, 3.8) is 0 Å². The number of rotatable bonds is 6. The standard InChI is InChI=1S/C42H36BNO3/c1-41(2)42(3,4)47-43(46-41)33-19-25-36(26-20-33)44(34-21-14-30(15-22-34)29-10-6-5-7-11-29)35-23-16-31(17-24-35)32-18-27-38-37-12-8-9-13-39(37)45-40(38)28-32/h5-28H,1-4H3. The van der Waals surface area contributed by atoms with E-state index in [1.807, 2.05) is 18.2 Å². The molecule has 0 unspecified atom stereocenters. The quantitative estimate of drug-likeness (QED) is 0.175. The SMILES string of the molecule is CC1(C)OB(c2ccc(N(c3ccc(-c4ccccc4)cc3)c3ccc(-c4ccc5c(c4)oc4ccccc45)cc3)cc2)OC1(C)C. The zero-order chi connectivity index (χ0) is 32.2. The van der Waals surface area contributed by atoms with E-state index in [-0.39, 0.29) is 11.2 Å². The fourth-order valence-electron chi connectivity index (χ4n) is 6.35. The second kappa shape index (κ2) is 11.3. The van der Waals surface area contributed by atoms with Crippen LogP contribution in [-0.2, 0) is 9.31 Å². The Morgan fingerprint density at radius 3 is 1.53 bits per heavy atom. The molecule has 0 spiro atoms. The lowest BCUT2D eigenvalue weighted by Crippen LogP contribution is -2.41. The van der Waals surface area contributed by atoms with Crippen LogP contribution in [0.5, 0.6) is 0 Å². The summed E-state index contributed by atoms with van der Waals surface area (Å²) in [5.74, 6) is 0. The highest BCUT2D eigenvalue weighted by Crippen LogP contribution is 2.39. The van der Waals surface area contributed by atoms with Gasteiger partial charge in [-0.2, -0.15) is 0 Å². The zero-order valence-corrected chi connectivity index (χ0v) is 27.1. The van der Waals surface area contributed by atoms with E-state index in [4.69, 9.17) is 13.7 Å². The summed E-state index contributed by atoms with van der Waals surface area (Å²) in [6.07, 6.45) is 0. The van der Waals surface area contributed by atoms with E-state index in [0.717, 1.165) is 55.6 Å². The lowest BCUT2D eigenvalue weighted by atomic mass is 9.79. The maximum Gasteiger partial charge on any atom is 0.494 e. The number of para-hydroxylation sites is 1. The van der Waals surface area contributed by atoms with Crippen LogP contribution in [0.25, 0.3) is 44.2 Å². The number of anilines is 3. The lowest BCUT2D eigenvalue weighted by Gasteiger charge is -2.32. The van der Waals surface area contributed by atoms with Crippen LogP contribution in [-0.4, -0.2) is 18.3 Å². The minimum absolute atomic E-state index is 0.389. The number of fused-ring (bicyclic) bond motifs is 3. The molecule has 2 heterocycles. The molecule has 0 bridgehead atoms. The maximum absolute atomic E-state index is 6.33. The molecule has 0 amide bonds. The Bertz CT molecular complexity index is 2170. The van der Waals surface area contributed by atoms with Crippen molar-refractivity contribution in [1.29, 1.82) is 0 Å². The molecule has 8 rings (SSSR count). The number of hydrogen-bond donors (Lipinski definition) is 0. The van der Waals surface area contributed by atoms with Gasteiger partial charge in [-0.1, -0.05) is 91.0 Å². The van der Waals surface area contributed by atoms with Gasteiger partial charge in [-0.05, 0) is 110 Å². The predicted octanol–water partition coefficient (Wildman–Crippen LogP) is 10.7. The minimum atomic E-state index is -0.406. The largest absolute Gasteiger partial charge is 0.494 e. The van der Waals surface area contributed by atoms with Crippen molar-refractivity contribution in [2.45, 2.75) is 38.9 Å². The van der Waals surface area contributed by atoms with Crippen LogP contribution in [0.3, 0.4) is 0 Å². The highest BCUT2D eigenvalue weighted by molar-refractivity contribution is 6.62. The molecule has 1 saturated heterocycles. The summed E-state index contributed by atoms with van der Waals surface area (Å²) in [4.78, 5) is 2.29. The van der Waals surface area contributed by atoms with Gasteiger partial charge in [-0.25, -0.2) is 0 Å². The Kier molecular flexibility index (Phi) is 7.05. The number of hydrogen-bond acceptors (Lipinski definition) is 4. The zero-order valence-electron chi connectivity index (χ0n) is 27.1. The molecule has 0 atom stereocenters. The van der Waals surface area contributed by atoms with Crippen molar-refractivity contribution >= 4 is 51.6 Å². The summed E-state index contributed by atoms with van der Waals surface area (Å²) in [5.41, 5.74) is 9.85. The molecule has 230 valence electrons. The first-order chi connectivity index (χ1) is 22.8. The smallest absolute Gasteiger partial charge is 0.456 e. The van der Waals surface area contributed by atoms with Crippen molar-refractivity contribution in [3.05, 3.63) is 146 Å². The van der Waals surface area contributed by atoms with Crippen molar-refractivity contribution in [3.8, 4) is 22.3 Å². The second-order valence-corrected chi connectivity index (χ2v) is 13.3. The van der Waals surface area contributed by atoms with Crippen molar-refractivity contribution in [2.24, 2.45) is 0 Å². The number of nitrogens with zero attached hydrogens (tertiary/aromatic N) is 1. The van der Waals surface area contributed by atoms with Gasteiger partial charge in [-0.3, -0.25) is 0 Å². The first kappa shape index (κ1) is 29.3. The summed E-state index contributed by atoms with van der Waals surface area (Å²) < 4.78 is 18.8. The van der Waals surface area contributed by atoms with Crippen LogP contribution in [0.4, 0.5) is 17.1 Å². The third kappa shape index (κ3) is 5.32. The summed E-state index contributed by atoms with van der Waals surface area (Å²) in [5, 5.41) is 2.28. The van der Waals surface area contributed by atoms with E-state index in [1.165, 1.54) is 11.1 Å². The summed E-state index contributed by atoms with van der Waals surface area (Å²) >= 11 is 0. The molecule has 0 saturated carbocycles. The van der Waals surface area contributed by atoms with E-state index in [9.17, 15) is 0 Å². The first-order valence-corrected chi connectivity index (χ1v) is 16.2. The molecule has 1 aromatic heterocycles. The summed E-state index contributed by atoms with van der Waals surface area (Å²) in [6.45, 7) is 8.34. The van der Waals surface area contributed by atoms with Gasteiger partial charge in [-0.15, -0.1) is 0 Å². The van der Waals surface area contributed by atoms with Gasteiger partial charge >= 0.3 is 7.12 Å². The second-order valence-electron chi connectivity index (χ2n) is 13.3. The minimum Gasteiger partial charge on any atom is -0.456 e. The van der Waals surface area contributed by atoms with Crippen LogP contribution < -0.4 is 10.4 Å². The average Bonchev–Trinajstić information content (AvgIpc) is 3.58. The average molecular weight is 614 g/mol. The fraction of sp³-hybridized carbons (Fsp3) is 0.143. The van der Waals surface area contributed by atoms with Crippen LogP contribution >= 0.6 is 0 Å². The molecule has 0 radical (unpaired) electrons. The highest BCUT2D eigenvalue weighted by atomic mass is 16.7. The third-order valence-corrected chi connectivity index (χ3v) is 9.75. The molecule has 5 heteroatoms. The molecule has 1 aliphatic heterocycles. The first-order valence-electron chi connectivity index (χ1n) is 16.2. The Hall–Kier alpha value is -5.10. The lowest BCUT2D eigenvalue weighted by molar-refractivity contribution is 0.00578. The van der Waals surface area contributed by atoms with Crippen LogP contribution in [0.15, 0.2) is 150 Å². The van der Waals surface area contributed by atoms with E-state index < -0.39 is 7.12 Å². The Morgan fingerprint density at radius 2 is 0.915 bits per heavy atom. The predicted molar refractivity (Wildman–Crippen MR) is 195 cm³/mol. The summed E-state index contributed by atoms with van der Waals surface area (Å²) in [7, 11) is -0.406. The van der Waals surface area contributed by atoms with Crippen molar-refractivity contribution in [2.75, 3.05) is 4.90 Å². The highest BCUT2D eigenvalue weighted by Gasteiger charge is 2.51.